The van der Waals surface area contributed by atoms with Crippen LogP contribution in [0.4, 0.5) is 0 Å². The summed E-state index contributed by atoms with van der Waals surface area (Å²) >= 11 is 6.05. The Hall–Kier alpha value is -2.29. The number of nitrogens with zero attached hydrogens (tertiary/aromatic N) is 2. The highest BCUT2D eigenvalue weighted by Gasteiger charge is 2.23. The van der Waals surface area contributed by atoms with Crippen molar-refractivity contribution in [2.24, 2.45) is 0 Å². The number of fused-ring (bicyclic) bond motifs is 1. The standard InChI is InChI=1S/C18H18ClN3O2/c1-2-3-6-21-7-9-22(10-8-21)18(24)15-12-17(23)20-16-5-4-13(19)11-14(15)16/h1,4-5,11-12H,3,6-10H2,(H,20,23). The van der Waals surface area contributed by atoms with Crippen molar-refractivity contribution < 1.29 is 4.79 Å². The highest BCUT2D eigenvalue weighted by molar-refractivity contribution is 6.31. The molecular weight excluding hydrogens is 326 g/mol. The summed E-state index contributed by atoms with van der Waals surface area (Å²) in [5, 5.41) is 1.20. The van der Waals surface area contributed by atoms with Crippen LogP contribution in [-0.2, 0) is 0 Å². The number of aromatic amines is 1. The molecule has 3 rings (SSSR count). The van der Waals surface area contributed by atoms with Crippen molar-refractivity contribution in [2.45, 2.75) is 6.42 Å². The molecule has 2 aromatic rings. The quantitative estimate of drug-likeness (QED) is 0.867. The van der Waals surface area contributed by atoms with Gasteiger partial charge in [0, 0.05) is 61.1 Å². The molecule has 0 spiro atoms. The number of terminal acetylenes is 1. The van der Waals surface area contributed by atoms with E-state index in [1.807, 2.05) is 0 Å². The van der Waals surface area contributed by atoms with Crippen molar-refractivity contribution in [3.05, 3.63) is 45.2 Å². The van der Waals surface area contributed by atoms with Gasteiger partial charge in [0.25, 0.3) is 5.91 Å². The second-order valence-corrected chi connectivity index (χ2v) is 6.26. The monoisotopic (exact) mass is 343 g/mol. The van der Waals surface area contributed by atoms with Gasteiger partial charge >= 0.3 is 0 Å². The van der Waals surface area contributed by atoms with Gasteiger partial charge in [-0.3, -0.25) is 14.5 Å². The topological polar surface area (TPSA) is 56.4 Å². The van der Waals surface area contributed by atoms with E-state index in [4.69, 9.17) is 18.0 Å². The van der Waals surface area contributed by atoms with Crippen LogP contribution < -0.4 is 5.56 Å². The number of hydrogen-bond donors (Lipinski definition) is 1. The van der Waals surface area contributed by atoms with Crippen LogP contribution >= 0.6 is 11.6 Å². The molecule has 1 saturated heterocycles. The van der Waals surface area contributed by atoms with Crippen LogP contribution in [-0.4, -0.2) is 53.4 Å². The second-order valence-electron chi connectivity index (χ2n) is 5.83. The van der Waals surface area contributed by atoms with Crippen molar-refractivity contribution in [1.29, 1.82) is 0 Å². The van der Waals surface area contributed by atoms with Crippen molar-refractivity contribution >= 4 is 28.4 Å². The number of pyridine rings is 1. The number of nitrogens with one attached hydrogen (secondary N) is 1. The number of H-pyrrole nitrogens is 1. The molecule has 6 heteroatoms. The molecule has 1 fully saturated rings. The summed E-state index contributed by atoms with van der Waals surface area (Å²) in [7, 11) is 0. The third-order valence-electron chi connectivity index (χ3n) is 4.27. The highest BCUT2D eigenvalue weighted by Crippen LogP contribution is 2.21. The number of hydrogen-bond acceptors (Lipinski definition) is 3. The van der Waals surface area contributed by atoms with Crippen LogP contribution in [0.3, 0.4) is 0 Å². The zero-order valence-corrected chi connectivity index (χ0v) is 14.0. The summed E-state index contributed by atoms with van der Waals surface area (Å²) in [6, 6.07) is 6.47. The van der Waals surface area contributed by atoms with Gasteiger partial charge in [-0.05, 0) is 18.2 Å². The number of amides is 1. The van der Waals surface area contributed by atoms with Crippen molar-refractivity contribution in [3.63, 3.8) is 0 Å². The first-order chi connectivity index (χ1) is 11.6. The fourth-order valence-corrected chi connectivity index (χ4v) is 3.14. The van der Waals surface area contributed by atoms with Crippen LogP contribution in [0.15, 0.2) is 29.1 Å². The van der Waals surface area contributed by atoms with E-state index in [9.17, 15) is 9.59 Å². The minimum atomic E-state index is -0.291. The normalized spacial score (nSPS) is 15.4. The Labute approximate surface area is 145 Å². The lowest BCUT2D eigenvalue weighted by atomic mass is 10.1. The molecule has 0 atom stereocenters. The van der Waals surface area contributed by atoms with Crippen molar-refractivity contribution in [3.8, 4) is 12.3 Å². The average molecular weight is 344 g/mol. The first-order valence-corrected chi connectivity index (χ1v) is 8.24. The molecule has 0 unspecified atom stereocenters. The Morgan fingerprint density at radius 2 is 2.00 bits per heavy atom. The van der Waals surface area contributed by atoms with E-state index in [1.54, 1.807) is 23.1 Å². The molecule has 0 radical (unpaired) electrons. The van der Waals surface area contributed by atoms with Gasteiger partial charge in [0.2, 0.25) is 5.56 Å². The zero-order valence-electron chi connectivity index (χ0n) is 13.2. The fraction of sp³-hybridized carbons (Fsp3) is 0.333. The maximum atomic E-state index is 12.9. The fourth-order valence-electron chi connectivity index (χ4n) is 2.97. The zero-order chi connectivity index (χ0) is 17.1. The lowest BCUT2D eigenvalue weighted by Crippen LogP contribution is -2.49. The summed E-state index contributed by atoms with van der Waals surface area (Å²) < 4.78 is 0. The number of rotatable bonds is 3. The predicted octanol–water partition coefficient (Wildman–Crippen LogP) is 1.96. The van der Waals surface area contributed by atoms with Gasteiger partial charge in [0.1, 0.15) is 0 Å². The first-order valence-electron chi connectivity index (χ1n) is 7.86. The molecule has 1 aliphatic heterocycles. The molecule has 24 heavy (non-hydrogen) atoms. The molecule has 0 bridgehead atoms. The van der Waals surface area contributed by atoms with E-state index in [2.05, 4.69) is 15.8 Å². The van der Waals surface area contributed by atoms with Gasteiger partial charge in [-0.1, -0.05) is 11.6 Å². The van der Waals surface area contributed by atoms with Crippen LogP contribution in [0, 0.1) is 12.3 Å². The maximum absolute atomic E-state index is 12.9. The molecule has 1 aliphatic rings. The van der Waals surface area contributed by atoms with Crippen LogP contribution in [0.2, 0.25) is 5.02 Å². The SMILES string of the molecule is C#CCCN1CCN(C(=O)c2cc(=O)[nH]c3ccc(Cl)cc23)CC1. The number of halogens is 1. The summed E-state index contributed by atoms with van der Waals surface area (Å²) in [5.74, 6) is 2.50. The molecule has 1 N–H and O–H groups in total. The van der Waals surface area contributed by atoms with Gasteiger partial charge < -0.3 is 9.88 Å². The van der Waals surface area contributed by atoms with E-state index in [0.717, 1.165) is 19.6 Å². The van der Waals surface area contributed by atoms with Gasteiger partial charge in [-0.25, -0.2) is 0 Å². The minimum Gasteiger partial charge on any atom is -0.336 e. The number of carbonyl (C=O) groups is 1. The third-order valence-corrected chi connectivity index (χ3v) is 4.50. The average Bonchev–Trinajstić information content (AvgIpc) is 2.59. The number of benzene rings is 1. The van der Waals surface area contributed by atoms with E-state index in [0.29, 0.717) is 41.0 Å². The molecular formula is C18H18ClN3O2. The van der Waals surface area contributed by atoms with E-state index in [-0.39, 0.29) is 11.5 Å². The Balaban J connectivity index is 1.84. The predicted molar refractivity (Wildman–Crippen MR) is 95.4 cm³/mol. The minimum absolute atomic E-state index is 0.134. The Kier molecular flexibility index (Phi) is 4.89. The van der Waals surface area contributed by atoms with E-state index >= 15 is 0 Å². The third kappa shape index (κ3) is 3.45. The Morgan fingerprint density at radius 1 is 1.25 bits per heavy atom. The Morgan fingerprint density at radius 3 is 2.71 bits per heavy atom. The maximum Gasteiger partial charge on any atom is 0.254 e. The Bertz CT molecular complexity index is 861. The van der Waals surface area contributed by atoms with E-state index in [1.165, 1.54) is 6.07 Å². The number of aromatic nitrogens is 1. The molecule has 2 heterocycles. The molecule has 124 valence electrons. The largest absolute Gasteiger partial charge is 0.336 e. The van der Waals surface area contributed by atoms with Crippen molar-refractivity contribution in [1.82, 2.24) is 14.8 Å². The number of piperazine rings is 1. The van der Waals surface area contributed by atoms with E-state index < -0.39 is 0 Å². The van der Waals surface area contributed by atoms with Gasteiger partial charge in [0.15, 0.2) is 0 Å². The van der Waals surface area contributed by atoms with Gasteiger partial charge in [0.05, 0.1) is 5.56 Å². The van der Waals surface area contributed by atoms with Gasteiger partial charge in [-0.15, -0.1) is 12.3 Å². The molecule has 1 aromatic heterocycles. The molecule has 5 nitrogen and oxygen atoms in total. The first kappa shape index (κ1) is 16.6. The molecule has 0 aliphatic carbocycles. The van der Waals surface area contributed by atoms with Crippen LogP contribution in [0.25, 0.3) is 10.9 Å². The summed E-state index contributed by atoms with van der Waals surface area (Å²) in [4.78, 5) is 31.5. The lowest BCUT2D eigenvalue weighted by molar-refractivity contribution is 0.0641. The molecule has 1 aromatic carbocycles. The smallest absolute Gasteiger partial charge is 0.254 e. The molecule has 1 amide bonds. The lowest BCUT2D eigenvalue weighted by Gasteiger charge is -2.34. The number of carbonyl (C=O) groups excluding carboxylic acids is 1. The van der Waals surface area contributed by atoms with Crippen molar-refractivity contribution in [2.75, 3.05) is 32.7 Å². The van der Waals surface area contributed by atoms with Crippen LogP contribution in [0.1, 0.15) is 16.8 Å². The van der Waals surface area contributed by atoms with Crippen LogP contribution in [0.5, 0.6) is 0 Å². The second kappa shape index (κ2) is 7.08. The summed E-state index contributed by atoms with van der Waals surface area (Å²) in [6.45, 7) is 3.67. The highest BCUT2D eigenvalue weighted by atomic mass is 35.5. The summed E-state index contributed by atoms with van der Waals surface area (Å²) in [5.41, 5.74) is 0.719. The summed E-state index contributed by atoms with van der Waals surface area (Å²) in [6.07, 6.45) is 6.01. The van der Waals surface area contributed by atoms with Gasteiger partial charge in [-0.2, -0.15) is 0 Å². The molecule has 0 saturated carbocycles.